The first-order valence-electron chi connectivity index (χ1n) is 5.96. The second-order valence-corrected chi connectivity index (χ2v) is 5.09. The van der Waals surface area contributed by atoms with E-state index >= 15 is 0 Å². The summed E-state index contributed by atoms with van der Waals surface area (Å²) in [6.45, 7) is -1.02. The van der Waals surface area contributed by atoms with Crippen molar-refractivity contribution in [2.75, 3.05) is 19.6 Å². The van der Waals surface area contributed by atoms with Crippen LogP contribution in [0.15, 0.2) is 16.5 Å². The topological polar surface area (TPSA) is 88.6 Å². The Morgan fingerprint density at radius 1 is 1.45 bits per heavy atom. The molecular formula is C11H11F2N3O4. The van der Waals surface area contributed by atoms with Crippen molar-refractivity contribution in [2.45, 2.75) is 17.9 Å². The van der Waals surface area contributed by atoms with Crippen molar-refractivity contribution in [2.24, 2.45) is 0 Å². The third-order valence-electron chi connectivity index (χ3n) is 3.72. The van der Waals surface area contributed by atoms with Gasteiger partial charge in [0.1, 0.15) is 10.7 Å². The van der Waals surface area contributed by atoms with Crippen LogP contribution in [-0.2, 0) is 11.3 Å². The van der Waals surface area contributed by atoms with Gasteiger partial charge < -0.3 is 9.73 Å². The fraction of sp³-hybridized carbons (Fsp3) is 0.545. The first-order chi connectivity index (χ1) is 9.34. The zero-order chi connectivity index (χ0) is 14.5. The van der Waals surface area contributed by atoms with E-state index in [2.05, 4.69) is 5.32 Å². The van der Waals surface area contributed by atoms with Crippen LogP contribution in [0.25, 0.3) is 0 Å². The van der Waals surface area contributed by atoms with E-state index in [0.717, 1.165) is 0 Å². The van der Waals surface area contributed by atoms with E-state index in [1.807, 2.05) is 0 Å². The summed E-state index contributed by atoms with van der Waals surface area (Å²) in [5.74, 6) is -1.15. The molecule has 0 unspecified atom stereocenters. The summed E-state index contributed by atoms with van der Waals surface area (Å²) in [5, 5.41) is 12.7. The number of hydrogen-bond donors (Lipinski definition) is 1. The Morgan fingerprint density at radius 3 is 2.80 bits per heavy atom. The molecule has 2 aliphatic rings. The van der Waals surface area contributed by atoms with E-state index in [-0.39, 0.29) is 25.4 Å². The third-order valence-corrected chi connectivity index (χ3v) is 3.72. The number of nitrogens with one attached hydrogen (secondary N) is 1. The zero-order valence-electron chi connectivity index (χ0n) is 10.3. The first-order valence-corrected chi connectivity index (χ1v) is 5.96. The van der Waals surface area contributed by atoms with E-state index in [1.54, 1.807) is 0 Å². The fourth-order valence-corrected chi connectivity index (χ4v) is 2.70. The molecule has 2 aliphatic heterocycles. The van der Waals surface area contributed by atoms with Gasteiger partial charge in [0, 0.05) is 13.1 Å². The van der Waals surface area contributed by atoms with Gasteiger partial charge in [0.15, 0.2) is 5.67 Å². The summed E-state index contributed by atoms with van der Waals surface area (Å²) in [5.41, 5.74) is -4.83. The highest BCUT2D eigenvalue weighted by atomic mass is 19.2. The molecule has 1 amide bonds. The van der Waals surface area contributed by atoms with Crippen LogP contribution in [0.1, 0.15) is 5.76 Å². The van der Waals surface area contributed by atoms with Gasteiger partial charge in [-0.1, -0.05) is 0 Å². The summed E-state index contributed by atoms with van der Waals surface area (Å²) in [4.78, 5) is 22.6. The minimum Gasteiger partial charge on any atom is -0.404 e. The average Bonchev–Trinajstić information content (AvgIpc) is 2.97. The highest BCUT2D eigenvalue weighted by Crippen LogP contribution is 2.42. The Balaban J connectivity index is 1.74. The number of rotatable bonds is 3. The number of nitro groups is 1. The van der Waals surface area contributed by atoms with Crippen LogP contribution in [0.3, 0.4) is 0 Å². The zero-order valence-corrected chi connectivity index (χ0v) is 10.3. The highest BCUT2D eigenvalue weighted by molar-refractivity contribution is 5.90. The largest absolute Gasteiger partial charge is 0.433 e. The molecular weight excluding hydrogens is 276 g/mol. The van der Waals surface area contributed by atoms with E-state index in [1.165, 1.54) is 17.0 Å². The Hall–Kier alpha value is -2.03. The van der Waals surface area contributed by atoms with Crippen molar-refractivity contribution < 1.29 is 22.9 Å². The number of likely N-dealkylation sites (tertiary alicyclic amines) is 1. The van der Waals surface area contributed by atoms with E-state index in [9.17, 15) is 23.7 Å². The second-order valence-electron chi connectivity index (χ2n) is 5.09. The monoisotopic (exact) mass is 287 g/mol. The van der Waals surface area contributed by atoms with Crippen LogP contribution >= 0.6 is 0 Å². The predicted octanol–water partition coefficient (Wildman–Crippen LogP) is 0.550. The molecule has 7 nitrogen and oxygen atoms in total. The molecule has 108 valence electrons. The van der Waals surface area contributed by atoms with Crippen LogP contribution in [0.4, 0.5) is 14.7 Å². The van der Waals surface area contributed by atoms with E-state index in [4.69, 9.17) is 4.42 Å². The fourth-order valence-electron chi connectivity index (χ4n) is 2.70. The molecule has 2 fully saturated rings. The maximum Gasteiger partial charge on any atom is 0.433 e. The first kappa shape index (κ1) is 13.0. The molecule has 1 aromatic heterocycles. The van der Waals surface area contributed by atoms with Crippen LogP contribution in [-0.4, -0.2) is 46.7 Å². The van der Waals surface area contributed by atoms with Gasteiger partial charge in [0.2, 0.25) is 5.67 Å². The molecule has 3 rings (SSSR count). The molecule has 9 heteroatoms. The lowest BCUT2D eigenvalue weighted by Crippen LogP contribution is -2.47. The van der Waals surface area contributed by atoms with Gasteiger partial charge in [-0.3, -0.25) is 19.8 Å². The smallest absolute Gasteiger partial charge is 0.404 e. The number of amides is 1. The van der Waals surface area contributed by atoms with Gasteiger partial charge in [-0.2, -0.15) is 0 Å². The van der Waals surface area contributed by atoms with Gasteiger partial charge in [-0.25, -0.2) is 8.78 Å². The molecule has 0 radical (unpaired) electrons. The molecule has 3 heterocycles. The van der Waals surface area contributed by atoms with Crippen molar-refractivity contribution >= 4 is 11.8 Å². The Morgan fingerprint density at radius 2 is 2.20 bits per heavy atom. The number of carbonyl (C=O) groups excluding carboxylic acids is 1. The van der Waals surface area contributed by atoms with Crippen molar-refractivity contribution in [1.82, 2.24) is 10.2 Å². The Bertz CT molecular complexity index is 592. The standard InChI is InChI=1S/C11H11F2N3O4/c12-10-4-14-9(17)11(10,13)6-15(5-10)3-7-1-2-8(20-7)16(18)19/h1-2H,3-6H2,(H,14,17)/t10-,11-/m1/s1. The van der Waals surface area contributed by atoms with Crippen molar-refractivity contribution in [3.05, 3.63) is 28.0 Å². The summed E-state index contributed by atoms with van der Waals surface area (Å²) in [6, 6.07) is 2.55. The van der Waals surface area contributed by atoms with Crippen LogP contribution in [0, 0.1) is 10.1 Å². The lowest BCUT2D eigenvalue weighted by atomic mass is 9.93. The van der Waals surface area contributed by atoms with E-state index in [0.29, 0.717) is 0 Å². The lowest BCUT2D eigenvalue weighted by molar-refractivity contribution is -0.402. The van der Waals surface area contributed by atoms with Gasteiger partial charge >= 0.3 is 5.88 Å². The third kappa shape index (κ3) is 1.69. The number of halogens is 2. The van der Waals surface area contributed by atoms with Crippen LogP contribution in [0.2, 0.25) is 0 Å². The molecule has 20 heavy (non-hydrogen) atoms. The van der Waals surface area contributed by atoms with Crippen molar-refractivity contribution in [3.63, 3.8) is 0 Å². The van der Waals surface area contributed by atoms with Crippen LogP contribution < -0.4 is 5.32 Å². The molecule has 0 aliphatic carbocycles. The van der Waals surface area contributed by atoms with Gasteiger partial charge in [-0.05, 0) is 6.07 Å². The van der Waals surface area contributed by atoms with Gasteiger partial charge in [0.05, 0.1) is 19.2 Å². The highest BCUT2D eigenvalue weighted by Gasteiger charge is 2.68. The van der Waals surface area contributed by atoms with Crippen molar-refractivity contribution in [3.8, 4) is 0 Å². The number of hydrogen-bond acceptors (Lipinski definition) is 5. The molecule has 1 aromatic rings. The van der Waals surface area contributed by atoms with Crippen LogP contribution in [0.5, 0.6) is 0 Å². The van der Waals surface area contributed by atoms with Gasteiger partial charge in [0.25, 0.3) is 5.91 Å². The molecule has 2 atom stereocenters. The van der Waals surface area contributed by atoms with E-state index < -0.39 is 34.6 Å². The SMILES string of the molecule is O=C1NC[C@@]2(F)CN(Cc3ccc([N+](=O)[O-])o3)C[C@@]12F. The summed E-state index contributed by atoms with van der Waals surface area (Å²) < 4.78 is 33.7. The summed E-state index contributed by atoms with van der Waals surface area (Å²) in [6.07, 6.45) is 0. The number of alkyl halides is 2. The summed E-state index contributed by atoms with van der Waals surface area (Å²) >= 11 is 0. The molecule has 1 N–H and O–H groups in total. The number of furan rings is 1. The second kappa shape index (κ2) is 3.98. The quantitative estimate of drug-likeness (QED) is 0.648. The average molecular weight is 287 g/mol. The molecule has 2 saturated heterocycles. The number of fused-ring (bicyclic) bond motifs is 1. The molecule has 0 saturated carbocycles. The minimum atomic E-state index is -2.56. The summed E-state index contributed by atoms with van der Waals surface area (Å²) in [7, 11) is 0. The minimum absolute atomic E-state index is 0.0124. The van der Waals surface area contributed by atoms with Crippen molar-refractivity contribution in [1.29, 1.82) is 0 Å². The lowest BCUT2D eigenvalue weighted by Gasteiger charge is -2.19. The maximum atomic E-state index is 14.4. The number of nitrogens with zero attached hydrogens (tertiary/aromatic N) is 2. The molecule has 0 bridgehead atoms. The van der Waals surface area contributed by atoms with Gasteiger partial charge in [-0.15, -0.1) is 0 Å². The molecule has 0 spiro atoms. The normalized spacial score (nSPS) is 33.2. The maximum absolute atomic E-state index is 14.4. The predicted molar refractivity (Wildman–Crippen MR) is 61.3 cm³/mol. The Labute approximate surface area is 111 Å². The number of carbonyl (C=O) groups is 1. The molecule has 0 aromatic carbocycles. The Kier molecular flexibility index (Phi) is 2.58.